The van der Waals surface area contributed by atoms with Crippen molar-refractivity contribution in [3.8, 4) is 0 Å². The molecule has 1 saturated carbocycles. The number of benzene rings is 1. The third kappa shape index (κ3) is 5.91. The monoisotopic (exact) mass is 392 g/mol. The molecule has 1 aliphatic rings. The van der Waals surface area contributed by atoms with Crippen molar-refractivity contribution in [2.75, 3.05) is 19.6 Å². The summed E-state index contributed by atoms with van der Waals surface area (Å²) in [5.41, 5.74) is 0.821. The second-order valence-electron chi connectivity index (χ2n) is 7.44. The van der Waals surface area contributed by atoms with Crippen LogP contribution in [0.25, 0.3) is 6.08 Å². The lowest BCUT2D eigenvalue weighted by Gasteiger charge is -2.21. The molecule has 1 aromatic rings. The Morgan fingerprint density at radius 1 is 1.15 bits per heavy atom. The van der Waals surface area contributed by atoms with Crippen LogP contribution in [0.2, 0.25) is 0 Å². The lowest BCUT2D eigenvalue weighted by atomic mass is 10.1. The van der Waals surface area contributed by atoms with Crippen molar-refractivity contribution in [1.82, 2.24) is 9.21 Å². The van der Waals surface area contributed by atoms with Gasteiger partial charge in [-0.2, -0.15) is 4.31 Å². The average Bonchev–Trinajstić information content (AvgIpc) is 3.46. The Bertz CT molecular complexity index is 746. The van der Waals surface area contributed by atoms with Crippen LogP contribution in [0.3, 0.4) is 0 Å². The summed E-state index contributed by atoms with van der Waals surface area (Å²) in [6.07, 6.45) is 6.56. The van der Waals surface area contributed by atoms with Gasteiger partial charge in [0.2, 0.25) is 15.9 Å². The van der Waals surface area contributed by atoms with Crippen molar-refractivity contribution in [3.63, 3.8) is 0 Å². The summed E-state index contributed by atoms with van der Waals surface area (Å²) in [6, 6.07) is 7.10. The van der Waals surface area contributed by atoms with E-state index in [0.29, 0.717) is 25.0 Å². The summed E-state index contributed by atoms with van der Waals surface area (Å²) in [4.78, 5) is 14.8. The Kier molecular flexibility index (Phi) is 7.62. The molecule has 1 fully saturated rings. The van der Waals surface area contributed by atoms with E-state index in [-0.39, 0.29) is 10.8 Å². The first-order valence-electron chi connectivity index (χ1n) is 9.88. The normalized spacial score (nSPS) is 15.0. The number of hydrogen-bond acceptors (Lipinski definition) is 3. The molecule has 0 atom stereocenters. The zero-order chi connectivity index (χ0) is 20.0. The molecule has 0 aliphatic heterocycles. The van der Waals surface area contributed by atoms with Gasteiger partial charge in [-0.15, -0.1) is 0 Å². The molecular weight excluding hydrogens is 360 g/mol. The zero-order valence-electron chi connectivity index (χ0n) is 16.9. The maximum atomic E-state index is 12.5. The van der Waals surface area contributed by atoms with Gasteiger partial charge in [0.15, 0.2) is 0 Å². The van der Waals surface area contributed by atoms with E-state index in [9.17, 15) is 13.2 Å². The number of carbonyl (C=O) groups is 1. The molecule has 2 rings (SSSR count). The van der Waals surface area contributed by atoms with Crippen LogP contribution in [-0.4, -0.2) is 49.2 Å². The van der Waals surface area contributed by atoms with E-state index in [1.54, 1.807) is 36.4 Å². The Balaban J connectivity index is 2.05. The highest BCUT2D eigenvalue weighted by Crippen LogP contribution is 2.28. The number of nitrogens with zero attached hydrogens (tertiary/aromatic N) is 2. The Hall–Kier alpha value is -1.66. The molecule has 1 amide bonds. The number of carbonyl (C=O) groups excluding carboxylic acids is 1. The zero-order valence-corrected chi connectivity index (χ0v) is 17.7. The van der Waals surface area contributed by atoms with Gasteiger partial charge < -0.3 is 4.90 Å². The minimum Gasteiger partial charge on any atom is -0.336 e. The van der Waals surface area contributed by atoms with E-state index < -0.39 is 10.0 Å². The van der Waals surface area contributed by atoms with E-state index in [2.05, 4.69) is 13.8 Å². The van der Waals surface area contributed by atoms with Gasteiger partial charge in [-0.1, -0.05) is 39.8 Å². The summed E-state index contributed by atoms with van der Waals surface area (Å²) >= 11 is 0. The van der Waals surface area contributed by atoms with Crippen LogP contribution < -0.4 is 0 Å². The van der Waals surface area contributed by atoms with E-state index >= 15 is 0 Å². The minimum atomic E-state index is -3.45. The first-order chi connectivity index (χ1) is 12.8. The van der Waals surface area contributed by atoms with Crippen molar-refractivity contribution < 1.29 is 13.2 Å². The molecule has 0 bridgehead atoms. The molecule has 0 unspecified atom stereocenters. The number of rotatable bonds is 10. The van der Waals surface area contributed by atoms with Gasteiger partial charge in [-0.05, 0) is 49.0 Å². The van der Waals surface area contributed by atoms with Gasteiger partial charge in [-0.25, -0.2) is 8.42 Å². The third-order valence-corrected chi connectivity index (χ3v) is 6.92. The number of amides is 1. The summed E-state index contributed by atoms with van der Waals surface area (Å²) in [6.45, 7) is 9.68. The number of sulfonamides is 1. The Morgan fingerprint density at radius 2 is 1.74 bits per heavy atom. The maximum absolute atomic E-state index is 12.5. The summed E-state index contributed by atoms with van der Waals surface area (Å²) in [5.74, 6) is 0.612. The molecule has 1 aliphatic carbocycles. The lowest BCUT2D eigenvalue weighted by molar-refractivity contribution is -0.126. The fourth-order valence-corrected chi connectivity index (χ4v) is 4.44. The largest absolute Gasteiger partial charge is 0.336 e. The van der Waals surface area contributed by atoms with Crippen LogP contribution in [0.15, 0.2) is 35.2 Å². The topological polar surface area (TPSA) is 57.7 Å². The molecule has 150 valence electrons. The van der Waals surface area contributed by atoms with Crippen molar-refractivity contribution in [2.45, 2.75) is 57.9 Å². The van der Waals surface area contributed by atoms with Crippen molar-refractivity contribution in [3.05, 3.63) is 35.9 Å². The van der Waals surface area contributed by atoms with Crippen molar-refractivity contribution in [2.24, 2.45) is 5.92 Å². The molecule has 6 heteroatoms. The van der Waals surface area contributed by atoms with Crippen molar-refractivity contribution >= 4 is 22.0 Å². The Morgan fingerprint density at radius 3 is 2.22 bits per heavy atom. The first-order valence-corrected chi connectivity index (χ1v) is 11.3. The van der Waals surface area contributed by atoms with Gasteiger partial charge in [0.25, 0.3) is 0 Å². The van der Waals surface area contributed by atoms with E-state index in [4.69, 9.17) is 0 Å². The van der Waals surface area contributed by atoms with E-state index in [1.165, 1.54) is 4.31 Å². The van der Waals surface area contributed by atoms with Crippen LogP contribution >= 0.6 is 0 Å². The highest BCUT2D eigenvalue weighted by molar-refractivity contribution is 7.89. The smallest absolute Gasteiger partial charge is 0.246 e. The molecular formula is C21H32N2O3S. The highest BCUT2D eigenvalue weighted by atomic mass is 32.2. The average molecular weight is 393 g/mol. The summed E-state index contributed by atoms with van der Waals surface area (Å²) in [5, 5.41) is 0. The molecule has 0 saturated heterocycles. The Labute approximate surface area is 164 Å². The van der Waals surface area contributed by atoms with Gasteiger partial charge in [0, 0.05) is 31.8 Å². The SMILES string of the molecule is CCN(CC)S(=O)(=O)c1ccc(/C=C/C(=O)N(CCC(C)C)C2CC2)cc1. The summed E-state index contributed by atoms with van der Waals surface area (Å²) in [7, 11) is -3.45. The van der Waals surface area contributed by atoms with E-state index in [0.717, 1.165) is 31.4 Å². The predicted octanol–water partition coefficient (Wildman–Crippen LogP) is 3.77. The lowest BCUT2D eigenvalue weighted by Crippen LogP contribution is -2.33. The quantitative estimate of drug-likeness (QED) is 0.570. The van der Waals surface area contributed by atoms with Crippen LogP contribution in [0.4, 0.5) is 0 Å². The van der Waals surface area contributed by atoms with Gasteiger partial charge in [0.05, 0.1) is 4.90 Å². The maximum Gasteiger partial charge on any atom is 0.246 e. The number of hydrogen-bond donors (Lipinski definition) is 0. The molecule has 0 heterocycles. The summed E-state index contributed by atoms with van der Waals surface area (Å²) < 4.78 is 26.5. The predicted molar refractivity (Wildman–Crippen MR) is 110 cm³/mol. The highest BCUT2D eigenvalue weighted by Gasteiger charge is 2.31. The molecule has 0 spiro atoms. The molecule has 0 N–H and O–H groups in total. The minimum absolute atomic E-state index is 0.0398. The van der Waals surface area contributed by atoms with Crippen LogP contribution in [0, 0.1) is 5.92 Å². The second kappa shape index (κ2) is 9.51. The van der Waals surface area contributed by atoms with Gasteiger partial charge in [0.1, 0.15) is 0 Å². The van der Waals surface area contributed by atoms with Gasteiger partial charge in [-0.3, -0.25) is 4.79 Å². The molecule has 1 aromatic carbocycles. The van der Waals surface area contributed by atoms with Crippen LogP contribution in [-0.2, 0) is 14.8 Å². The molecule has 27 heavy (non-hydrogen) atoms. The third-order valence-electron chi connectivity index (χ3n) is 4.86. The van der Waals surface area contributed by atoms with Gasteiger partial charge >= 0.3 is 0 Å². The fraction of sp³-hybridized carbons (Fsp3) is 0.571. The molecule has 5 nitrogen and oxygen atoms in total. The fourth-order valence-electron chi connectivity index (χ4n) is 2.98. The van der Waals surface area contributed by atoms with Crippen LogP contribution in [0.5, 0.6) is 0 Å². The standard InChI is InChI=1S/C21H32N2O3S/c1-5-22(6-2)27(25,26)20-12-7-18(8-13-20)9-14-21(24)23(19-10-11-19)16-15-17(3)4/h7-9,12-14,17,19H,5-6,10-11,15-16H2,1-4H3/b14-9+. The van der Waals surface area contributed by atoms with Crippen molar-refractivity contribution in [1.29, 1.82) is 0 Å². The van der Waals surface area contributed by atoms with E-state index in [1.807, 2.05) is 18.7 Å². The molecule has 0 radical (unpaired) electrons. The second-order valence-corrected chi connectivity index (χ2v) is 9.37. The molecule has 0 aromatic heterocycles. The first kappa shape index (κ1) is 21.6. The van der Waals surface area contributed by atoms with Crippen LogP contribution in [0.1, 0.15) is 52.5 Å².